The van der Waals surface area contributed by atoms with E-state index in [0.29, 0.717) is 0 Å². The van der Waals surface area contributed by atoms with Gasteiger partial charge in [0.2, 0.25) is 0 Å². The first-order valence-corrected chi connectivity index (χ1v) is 8.63. The molecule has 24 heavy (non-hydrogen) atoms. The third kappa shape index (κ3) is 3.36. The summed E-state index contributed by atoms with van der Waals surface area (Å²) in [5.41, 5.74) is 2.51. The molecular weight excluding hydrogens is 298 g/mol. The lowest BCUT2D eigenvalue weighted by Crippen LogP contribution is -2.44. The second-order valence-electron chi connectivity index (χ2n) is 6.67. The van der Waals surface area contributed by atoms with E-state index in [1.165, 1.54) is 11.1 Å². The zero-order chi connectivity index (χ0) is 17.1. The zero-order valence-corrected chi connectivity index (χ0v) is 14.6. The van der Waals surface area contributed by atoms with Crippen LogP contribution in [-0.4, -0.2) is 23.0 Å². The zero-order valence-electron chi connectivity index (χ0n) is 14.6. The second-order valence-corrected chi connectivity index (χ2v) is 6.67. The summed E-state index contributed by atoms with van der Waals surface area (Å²) in [4.78, 5) is 14.5. The molecule has 1 aliphatic heterocycles. The van der Waals surface area contributed by atoms with Gasteiger partial charge in [0.05, 0.1) is 12.0 Å². The van der Waals surface area contributed by atoms with Gasteiger partial charge in [-0.05, 0) is 25.0 Å². The maximum absolute atomic E-state index is 12.1. The quantitative estimate of drug-likeness (QED) is 0.772. The van der Waals surface area contributed by atoms with Gasteiger partial charge in [0.1, 0.15) is 6.10 Å². The van der Waals surface area contributed by atoms with Gasteiger partial charge in [0.25, 0.3) is 0 Å². The molecule has 0 spiro atoms. The van der Waals surface area contributed by atoms with E-state index in [2.05, 4.69) is 60.4 Å². The lowest BCUT2D eigenvalue weighted by Gasteiger charge is -2.37. The van der Waals surface area contributed by atoms with Gasteiger partial charge in [-0.1, -0.05) is 67.6 Å². The molecule has 3 heteroatoms. The van der Waals surface area contributed by atoms with Gasteiger partial charge in [-0.25, -0.2) is 0 Å². The van der Waals surface area contributed by atoms with Gasteiger partial charge in [0.15, 0.2) is 0 Å². The lowest BCUT2D eigenvalue weighted by molar-refractivity contribution is -0.143. The van der Waals surface area contributed by atoms with Crippen LogP contribution in [0.3, 0.4) is 0 Å². The van der Waals surface area contributed by atoms with E-state index in [1.807, 2.05) is 26.0 Å². The highest BCUT2D eigenvalue weighted by Gasteiger charge is 2.44. The number of hydrogen-bond acceptors (Lipinski definition) is 3. The molecule has 1 saturated heterocycles. The van der Waals surface area contributed by atoms with Gasteiger partial charge >= 0.3 is 5.97 Å². The van der Waals surface area contributed by atoms with Gasteiger partial charge in [-0.3, -0.25) is 9.69 Å². The van der Waals surface area contributed by atoms with Crippen molar-refractivity contribution in [3.63, 3.8) is 0 Å². The molecule has 126 valence electrons. The first kappa shape index (κ1) is 16.7. The van der Waals surface area contributed by atoms with E-state index < -0.39 is 0 Å². The van der Waals surface area contributed by atoms with Gasteiger partial charge < -0.3 is 4.74 Å². The molecular formula is C21H25NO2. The maximum Gasteiger partial charge on any atom is 0.310 e. The lowest BCUT2D eigenvalue weighted by atomic mass is 9.94. The molecule has 0 amide bonds. The van der Waals surface area contributed by atoms with Crippen LogP contribution in [0.1, 0.15) is 37.9 Å². The predicted octanol–water partition coefficient (Wildman–Crippen LogP) is 4.20. The molecule has 1 heterocycles. The molecule has 0 aliphatic carbocycles. The molecule has 2 aromatic rings. The highest BCUT2D eigenvalue weighted by molar-refractivity contribution is 5.75. The van der Waals surface area contributed by atoms with Crippen molar-refractivity contribution in [1.29, 1.82) is 0 Å². The fourth-order valence-corrected chi connectivity index (χ4v) is 3.68. The van der Waals surface area contributed by atoms with Crippen molar-refractivity contribution in [2.45, 2.75) is 45.5 Å². The highest BCUT2D eigenvalue weighted by Crippen LogP contribution is 2.34. The number of cyclic esters (lactones) is 1. The topological polar surface area (TPSA) is 29.5 Å². The number of hydrogen-bond donors (Lipinski definition) is 0. The standard InChI is InChI=1S/C21H25NO2/c1-15-20(17(3)24-21(15)23)22(14-18-10-6-4-7-11-18)16(2)19-12-8-5-9-13-19/h4-13,15-17,20H,14H2,1-3H3/t15-,16-,17+,20-/m1/s1. The molecule has 0 saturated carbocycles. The molecule has 3 nitrogen and oxygen atoms in total. The first-order chi connectivity index (χ1) is 11.6. The van der Waals surface area contributed by atoms with Crippen LogP contribution >= 0.6 is 0 Å². The van der Waals surface area contributed by atoms with Crippen molar-refractivity contribution >= 4 is 5.97 Å². The van der Waals surface area contributed by atoms with Crippen molar-refractivity contribution in [3.05, 3.63) is 71.8 Å². The number of nitrogens with zero attached hydrogens (tertiary/aromatic N) is 1. The Kier molecular flexibility index (Phi) is 5.00. The summed E-state index contributed by atoms with van der Waals surface area (Å²) in [5, 5.41) is 0. The van der Waals surface area contributed by atoms with E-state index in [0.717, 1.165) is 6.54 Å². The summed E-state index contributed by atoms with van der Waals surface area (Å²) in [6, 6.07) is 21.2. The Bertz CT molecular complexity index is 671. The SMILES string of the molecule is C[C@@H]1OC(=O)[C@H](C)[C@H]1N(Cc1ccccc1)[C@H](C)c1ccccc1. The van der Waals surface area contributed by atoms with Crippen molar-refractivity contribution in [1.82, 2.24) is 4.90 Å². The van der Waals surface area contributed by atoms with Crippen LogP contribution in [0.25, 0.3) is 0 Å². The van der Waals surface area contributed by atoms with Crippen LogP contribution in [0.15, 0.2) is 60.7 Å². The van der Waals surface area contributed by atoms with E-state index in [1.54, 1.807) is 0 Å². The van der Waals surface area contributed by atoms with Gasteiger partial charge in [-0.15, -0.1) is 0 Å². The summed E-state index contributed by atoms with van der Waals surface area (Å²) < 4.78 is 5.51. The summed E-state index contributed by atoms with van der Waals surface area (Å²) in [7, 11) is 0. The Balaban J connectivity index is 1.93. The summed E-state index contributed by atoms with van der Waals surface area (Å²) in [6.07, 6.45) is -0.0950. The van der Waals surface area contributed by atoms with Gasteiger partial charge in [-0.2, -0.15) is 0 Å². The molecule has 1 aliphatic rings. The summed E-state index contributed by atoms with van der Waals surface area (Å²) >= 11 is 0. The van der Waals surface area contributed by atoms with Crippen LogP contribution in [0.5, 0.6) is 0 Å². The number of esters is 1. The number of benzene rings is 2. The minimum absolute atomic E-state index is 0.0768. The van der Waals surface area contributed by atoms with E-state index in [-0.39, 0.29) is 30.1 Å². The van der Waals surface area contributed by atoms with Gasteiger partial charge in [0, 0.05) is 12.6 Å². The summed E-state index contributed by atoms with van der Waals surface area (Å²) in [6.45, 7) is 6.99. The molecule has 0 N–H and O–H groups in total. The highest BCUT2D eigenvalue weighted by atomic mass is 16.6. The minimum Gasteiger partial charge on any atom is -0.461 e. The molecule has 1 fully saturated rings. The van der Waals surface area contributed by atoms with Crippen LogP contribution in [-0.2, 0) is 16.1 Å². The number of ether oxygens (including phenoxy) is 1. The molecule has 0 radical (unpaired) electrons. The number of carbonyl (C=O) groups is 1. The normalized spacial score (nSPS) is 24.8. The van der Waals surface area contributed by atoms with Crippen molar-refractivity contribution in [3.8, 4) is 0 Å². The smallest absolute Gasteiger partial charge is 0.310 e. The second kappa shape index (κ2) is 7.18. The predicted molar refractivity (Wildman–Crippen MR) is 95.3 cm³/mol. The van der Waals surface area contributed by atoms with E-state index >= 15 is 0 Å². The Morgan fingerprint density at radius 2 is 1.58 bits per heavy atom. The van der Waals surface area contributed by atoms with E-state index in [9.17, 15) is 4.79 Å². The van der Waals surface area contributed by atoms with Crippen LogP contribution in [0.2, 0.25) is 0 Å². The largest absolute Gasteiger partial charge is 0.461 e. The molecule has 0 unspecified atom stereocenters. The van der Waals surface area contributed by atoms with Crippen molar-refractivity contribution < 1.29 is 9.53 Å². The average molecular weight is 323 g/mol. The Morgan fingerprint density at radius 1 is 1.00 bits per heavy atom. The first-order valence-electron chi connectivity index (χ1n) is 8.63. The minimum atomic E-state index is -0.116. The molecule has 0 aromatic heterocycles. The van der Waals surface area contributed by atoms with E-state index in [4.69, 9.17) is 4.74 Å². The van der Waals surface area contributed by atoms with Crippen LogP contribution < -0.4 is 0 Å². The van der Waals surface area contributed by atoms with Crippen LogP contribution in [0, 0.1) is 5.92 Å². The monoisotopic (exact) mass is 323 g/mol. The Labute approximate surface area is 144 Å². The maximum atomic E-state index is 12.1. The molecule has 3 rings (SSSR count). The van der Waals surface area contributed by atoms with Crippen LogP contribution in [0.4, 0.5) is 0 Å². The van der Waals surface area contributed by atoms with Crippen molar-refractivity contribution in [2.75, 3.05) is 0 Å². The third-order valence-electron chi connectivity index (χ3n) is 5.04. The molecule has 4 atom stereocenters. The number of rotatable bonds is 5. The fraction of sp³-hybridized carbons (Fsp3) is 0.381. The summed E-state index contributed by atoms with van der Waals surface area (Å²) in [5.74, 6) is -0.208. The fourth-order valence-electron chi connectivity index (χ4n) is 3.68. The molecule has 0 bridgehead atoms. The third-order valence-corrected chi connectivity index (χ3v) is 5.04. The molecule has 2 aromatic carbocycles. The average Bonchev–Trinajstić information content (AvgIpc) is 2.86. The number of carbonyl (C=O) groups excluding carboxylic acids is 1. The van der Waals surface area contributed by atoms with Crippen molar-refractivity contribution in [2.24, 2.45) is 5.92 Å². The Hall–Kier alpha value is -2.13. The Morgan fingerprint density at radius 3 is 2.12 bits per heavy atom.